The van der Waals surface area contributed by atoms with E-state index in [0.29, 0.717) is 12.5 Å². The molecule has 0 saturated carbocycles. The van der Waals surface area contributed by atoms with Gasteiger partial charge in [-0.05, 0) is 6.07 Å². The summed E-state index contributed by atoms with van der Waals surface area (Å²) < 4.78 is 80.0. The lowest BCUT2D eigenvalue weighted by Gasteiger charge is -2.47. The van der Waals surface area contributed by atoms with E-state index in [0.717, 1.165) is 30.5 Å². The van der Waals surface area contributed by atoms with Gasteiger partial charge in [0.05, 0.1) is 5.41 Å². The second kappa shape index (κ2) is 5.52. The van der Waals surface area contributed by atoms with E-state index in [-0.39, 0.29) is 0 Å². The van der Waals surface area contributed by atoms with Crippen LogP contribution in [0.4, 0.5) is 26.3 Å². The predicted octanol–water partition coefficient (Wildman–Crippen LogP) is 4.16. The van der Waals surface area contributed by atoms with E-state index in [1.165, 1.54) is 6.08 Å². The highest BCUT2D eigenvalue weighted by Gasteiger charge is 2.79. The third-order valence-electron chi connectivity index (χ3n) is 3.56. The Labute approximate surface area is 132 Å². The Hall–Kier alpha value is -1.54. The monoisotopic (exact) mass is 356 g/mol. The van der Waals surface area contributed by atoms with E-state index in [1.54, 1.807) is 0 Å². The van der Waals surface area contributed by atoms with Gasteiger partial charge in [-0.2, -0.15) is 26.3 Å². The molecule has 1 aliphatic carbocycles. The van der Waals surface area contributed by atoms with Crippen molar-refractivity contribution in [3.8, 4) is 0 Å². The molecule has 1 atom stereocenters. The molecule has 125 valence electrons. The minimum atomic E-state index is -6.02. The Morgan fingerprint density at radius 1 is 1.00 bits per heavy atom. The minimum absolute atomic E-state index is 0.573. The van der Waals surface area contributed by atoms with Crippen LogP contribution in [0.25, 0.3) is 0 Å². The van der Waals surface area contributed by atoms with Crippen LogP contribution >= 0.6 is 11.6 Å². The van der Waals surface area contributed by atoms with Crippen LogP contribution in [-0.2, 0) is 5.41 Å². The topological polar surface area (TPSA) is 33.1 Å². The number of alkyl halides is 6. The molecule has 1 radical (unpaired) electrons. The molecular formula is C14H9ClF6NO. The molecule has 1 N–H and O–H groups in total. The van der Waals surface area contributed by atoms with Gasteiger partial charge in [0.25, 0.3) is 5.60 Å². The number of pyridine rings is 1. The molecule has 2 nitrogen and oxygen atoms in total. The van der Waals surface area contributed by atoms with Gasteiger partial charge in [0.2, 0.25) is 0 Å². The molecule has 0 spiro atoms. The fourth-order valence-electron chi connectivity index (χ4n) is 2.47. The Morgan fingerprint density at radius 2 is 1.61 bits per heavy atom. The highest BCUT2D eigenvalue weighted by atomic mass is 35.5. The maximum atomic E-state index is 13.3. The summed E-state index contributed by atoms with van der Waals surface area (Å²) in [6.07, 6.45) is -6.52. The van der Waals surface area contributed by atoms with Crippen LogP contribution in [0.5, 0.6) is 0 Å². The molecule has 0 bridgehead atoms. The zero-order valence-corrected chi connectivity index (χ0v) is 11.9. The van der Waals surface area contributed by atoms with Crippen LogP contribution in [0.15, 0.2) is 42.6 Å². The number of allylic oxidation sites excluding steroid dienone is 3. The Kier molecular flexibility index (Phi) is 4.28. The SMILES string of the molecule is OC(C(F)(F)F)(C(F)(F)F)C1(c2cccnc2Cl)[CH]C=CC=C1. The lowest BCUT2D eigenvalue weighted by atomic mass is 9.63. The summed E-state index contributed by atoms with van der Waals surface area (Å²) in [6.45, 7) is 0. The van der Waals surface area contributed by atoms with Crippen molar-refractivity contribution >= 4 is 11.6 Å². The first kappa shape index (κ1) is 17.8. The normalized spacial score (nSPS) is 22.4. The van der Waals surface area contributed by atoms with Crippen molar-refractivity contribution < 1.29 is 31.4 Å². The molecule has 1 aromatic heterocycles. The van der Waals surface area contributed by atoms with E-state index in [9.17, 15) is 31.4 Å². The molecule has 1 aliphatic rings. The van der Waals surface area contributed by atoms with Gasteiger partial charge in [-0.15, -0.1) is 0 Å². The van der Waals surface area contributed by atoms with Gasteiger partial charge in [0, 0.05) is 18.2 Å². The summed E-state index contributed by atoms with van der Waals surface area (Å²) in [5, 5.41) is 9.31. The third-order valence-corrected chi connectivity index (χ3v) is 3.87. The largest absolute Gasteiger partial charge is 0.427 e. The Balaban J connectivity index is 2.85. The number of hydrogen-bond donors (Lipinski definition) is 1. The van der Waals surface area contributed by atoms with Crippen LogP contribution in [0.3, 0.4) is 0 Å². The van der Waals surface area contributed by atoms with Crippen molar-refractivity contribution in [2.75, 3.05) is 0 Å². The van der Waals surface area contributed by atoms with Crippen molar-refractivity contribution in [3.63, 3.8) is 0 Å². The van der Waals surface area contributed by atoms with Crippen molar-refractivity contribution in [2.45, 2.75) is 23.4 Å². The smallest absolute Gasteiger partial charge is 0.373 e. The number of hydrogen-bond acceptors (Lipinski definition) is 2. The highest BCUT2D eigenvalue weighted by molar-refractivity contribution is 6.30. The molecule has 1 aromatic rings. The van der Waals surface area contributed by atoms with Gasteiger partial charge >= 0.3 is 12.4 Å². The number of rotatable bonds is 2. The lowest BCUT2D eigenvalue weighted by Crippen LogP contribution is -2.68. The number of halogens is 7. The van der Waals surface area contributed by atoms with Gasteiger partial charge in [0.15, 0.2) is 0 Å². The number of aliphatic hydroxyl groups is 1. The molecule has 23 heavy (non-hydrogen) atoms. The summed E-state index contributed by atoms with van der Waals surface area (Å²) in [7, 11) is 0. The quantitative estimate of drug-likeness (QED) is 0.637. The van der Waals surface area contributed by atoms with Gasteiger partial charge in [-0.1, -0.05) is 42.0 Å². The summed E-state index contributed by atoms with van der Waals surface area (Å²) in [5.74, 6) is 0. The molecule has 0 saturated heterocycles. The van der Waals surface area contributed by atoms with Gasteiger partial charge < -0.3 is 5.11 Å². The van der Waals surface area contributed by atoms with E-state index >= 15 is 0 Å². The van der Waals surface area contributed by atoms with Gasteiger partial charge in [-0.25, -0.2) is 4.98 Å². The molecular weight excluding hydrogens is 348 g/mol. The van der Waals surface area contributed by atoms with Crippen molar-refractivity contribution in [2.24, 2.45) is 0 Å². The molecule has 2 rings (SSSR count). The number of aromatic nitrogens is 1. The highest BCUT2D eigenvalue weighted by Crippen LogP contribution is 2.57. The van der Waals surface area contributed by atoms with Crippen molar-refractivity contribution in [1.29, 1.82) is 0 Å². The van der Waals surface area contributed by atoms with Crippen molar-refractivity contribution in [3.05, 3.63) is 59.8 Å². The zero-order chi connectivity index (χ0) is 17.5. The van der Waals surface area contributed by atoms with Crippen LogP contribution in [0.2, 0.25) is 5.15 Å². The lowest BCUT2D eigenvalue weighted by molar-refractivity contribution is -0.382. The second-order valence-electron chi connectivity index (χ2n) is 4.83. The van der Waals surface area contributed by atoms with Gasteiger partial charge in [-0.3, -0.25) is 0 Å². The van der Waals surface area contributed by atoms with Crippen LogP contribution in [0, 0.1) is 6.42 Å². The first-order valence-electron chi connectivity index (χ1n) is 6.14. The van der Waals surface area contributed by atoms with Gasteiger partial charge in [0.1, 0.15) is 5.15 Å². The van der Waals surface area contributed by atoms with E-state index in [1.807, 2.05) is 0 Å². The fraction of sp³-hybridized carbons (Fsp3) is 0.286. The Morgan fingerprint density at radius 3 is 2.04 bits per heavy atom. The molecule has 0 amide bonds. The first-order valence-corrected chi connectivity index (χ1v) is 6.52. The molecule has 0 fully saturated rings. The van der Waals surface area contributed by atoms with Crippen LogP contribution in [0.1, 0.15) is 5.56 Å². The van der Waals surface area contributed by atoms with E-state index in [2.05, 4.69) is 4.98 Å². The molecule has 9 heteroatoms. The second-order valence-corrected chi connectivity index (χ2v) is 5.19. The first-order chi connectivity index (χ1) is 10.5. The van der Waals surface area contributed by atoms with E-state index in [4.69, 9.17) is 11.6 Å². The maximum Gasteiger partial charge on any atom is 0.427 e. The molecule has 1 unspecified atom stereocenters. The number of nitrogens with zero attached hydrogens (tertiary/aromatic N) is 1. The minimum Gasteiger partial charge on any atom is -0.373 e. The average molecular weight is 357 g/mol. The van der Waals surface area contributed by atoms with Crippen molar-refractivity contribution in [1.82, 2.24) is 4.98 Å². The fourth-order valence-corrected chi connectivity index (χ4v) is 2.75. The predicted molar refractivity (Wildman–Crippen MR) is 70.6 cm³/mol. The average Bonchev–Trinajstić information content (AvgIpc) is 2.45. The maximum absolute atomic E-state index is 13.3. The zero-order valence-electron chi connectivity index (χ0n) is 11.2. The van der Waals surface area contributed by atoms with Crippen LogP contribution < -0.4 is 0 Å². The molecule has 0 aliphatic heterocycles. The summed E-state index contributed by atoms with van der Waals surface area (Å²) in [4.78, 5) is 3.52. The molecule has 1 heterocycles. The standard InChI is InChI=1S/C14H9ClF6NO/c15-10-9(5-4-8-22-10)11(6-2-1-3-7-11)12(23,13(16,17)18)14(19,20)21/h1-8,23H. The van der Waals surface area contributed by atoms with Crippen LogP contribution in [-0.4, -0.2) is 28.0 Å². The summed E-state index contributed by atoms with van der Waals surface area (Å²) in [5.41, 5.74) is -8.69. The third kappa shape index (κ3) is 2.53. The van der Waals surface area contributed by atoms with E-state index < -0.39 is 34.1 Å². The Bertz CT molecular complexity index is 637. The summed E-state index contributed by atoms with van der Waals surface area (Å²) in [6, 6.07) is 2.09. The molecule has 0 aromatic carbocycles. The summed E-state index contributed by atoms with van der Waals surface area (Å²) >= 11 is 5.72.